The Morgan fingerprint density at radius 1 is 1.45 bits per heavy atom. The molecule has 1 atom stereocenters. The van der Waals surface area contributed by atoms with E-state index >= 15 is 0 Å². The molecule has 1 aliphatic carbocycles. The molecule has 2 N–H and O–H groups in total. The molecule has 1 spiro atoms. The van der Waals surface area contributed by atoms with Gasteiger partial charge in [-0.3, -0.25) is 14.4 Å². The first-order valence-electron chi connectivity index (χ1n) is 6.01. The van der Waals surface area contributed by atoms with Crippen molar-refractivity contribution in [2.75, 3.05) is 12.0 Å². The summed E-state index contributed by atoms with van der Waals surface area (Å²) in [7, 11) is 0. The summed E-state index contributed by atoms with van der Waals surface area (Å²) >= 11 is 0. The molecular formula is C13H11FN2O4. The van der Waals surface area contributed by atoms with E-state index in [1.807, 2.05) is 0 Å². The smallest absolute Gasteiger partial charge is 0.266 e. The number of nitrogens with one attached hydrogen (secondary N) is 2. The topological polar surface area (TPSA) is 84.5 Å². The van der Waals surface area contributed by atoms with Crippen LogP contribution >= 0.6 is 0 Å². The molecule has 1 saturated heterocycles. The van der Waals surface area contributed by atoms with Gasteiger partial charge in [0.1, 0.15) is 12.5 Å². The Morgan fingerprint density at radius 2 is 2.20 bits per heavy atom. The van der Waals surface area contributed by atoms with Gasteiger partial charge in [-0.15, -0.1) is 0 Å². The van der Waals surface area contributed by atoms with E-state index in [0.717, 1.165) is 6.07 Å². The number of halogens is 1. The Hall–Kier alpha value is -2.28. The van der Waals surface area contributed by atoms with Gasteiger partial charge >= 0.3 is 0 Å². The van der Waals surface area contributed by atoms with E-state index in [1.165, 1.54) is 13.0 Å². The molecule has 104 valence electrons. The highest BCUT2D eigenvalue weighted by Gasteiger charge is 2.56. The van der Waals surface area contributed by atoms with E-state index in [-0.39, 0.29) is 24.4 Å². The van der Waals surface area contributed by atoms with Gasteiger partial charge in [0.2, 0.25) is 11.5 Å². The first-order chi connectivity index (χ1) is 9.45. The van der Waals surface area contributed by atoms with Gasteiger partial charge < -0.3 is 15.4 Å². The van der Waals surface area contributed by atoms with Crippen LogP contribution in [0.3, 0.4) is 0 Å². The van der Waals surface area contributed by atoms with Crippen LogP contribution in [-0.2, 0) is 31.1 Å². The lowest BCUT2D eigenvalue weighted by Gasteiger charge is -2.19. The number of fused-ring (bicyclic) bond motifs is 2. The third kappa shape index (κ3) is 1.56. The number of anilines is 1. The maximum absolute atomic E-state index is 14.0. The van der Waals surface area contributed by atoms with Gasteiger partial charge in [-0.2, -0.15) is 0 Å². The summed E-state index contributed by atoms with van der Waals surface area (Å²) in [6.07, 6.45) is -0.0321. The standard InChI is InChI=1S/C13H11FN2O4/c1-6(17)16-10-2-7-3-11(18)13(8(7)4-9(10)14)12(19)15-5-20-13/h2,4H,3,5H2,1H3,(H,15,19)(H,16,17). The third-order valence-electron chi connectivity index (χ3n) is 3.47. The second-order valence-electron chi connectivity index (χ2n) is 4.75. The van der Waals surface area contributed by atoms with E-state index in [0.29, 0.717) is 5.56 Å². The van der Waals surface area contributed by atoms with Crippen LogP contribution in [0.5, 0.6) is 0 Å². The quantitative estimate of drug-likeness (QED) is 0.719. The Kier molecular flexibility index (Phi) is 2.62. The van der Waals surface area contributed by atoms with Gasteiger partial charge in [0.25, 0.3) is 5.91 Å². The number of benzene rings is 1. The molecule has 1 aromatic carbocycles. The number of ketones is 1. The number of hydrogen-bond donors (Lipinski definition) is 2. The lowest BCUT2D eigenvalue weighted by molar-refractivity contribution is -0.147. The molecular weight excluding hydrogens is 267 g/mol. The average Bonchev–Trinajstić information content (AvgIpc) is 2.86. The molecule has 6 nitrogen and oxygen atoms in total. The molecule has 2 aliphatic rings. The molecule has 1 heterocycles. The molecule has 1 aliphatic heterocycles. The summed E-state index contributed by atoms with van der Waals surface area (Å²) in [5.41, 5.74) is -1.05. The highest BCUT2D eigenvalue weighted by molar-refractivity contribution is 6.14. The zero-order valence-corrected chi connectivity index (χ0v) is 10.6. The first kappa shape index (κ1) is 12.7. The van der Waals surface area contributed by atoms with Crippen molar-refractivity contribution in [2.45, 2.75) is 18.9 Å². The predicted molar refractivity (Wildman–Crippen MR) is 65.2 cm³/mol. The van der Waals surface area contributed by atoms with Crippen LogP contribution in [0.15, 0.2) is 12.1 Å². The SMILES string of the molecule is CC(=O)Nc1cc2c(cc1F)C1(OCNC1=O)C(=O)C2. The number of carbonyl (C=O) groups excluding carboxylic acids is 3. The van der Waals surface area contributed by atoms with Crippen molar-refractivity contribution < 1.29 is 23.5 Å². The van der Waals surface area contributed by atoms with Crippen LogP contribution in [-0.4, -0.2) is 24.3 Å². The van der Waals surface area contributed by atoms with Gasteiger partial charge in [0.15, 0.2) is 5.78 Å². The van der Waals surface area contributed by atoms with Gasteiger partial charge in [-0.25, -0.2) is 4.39 Å². The molecule has 1 fully saturated rings. The Labute approximate surface area is 113 Å². The fraction of sp³-hybridized carbons (Fsp3) is 0.308. The molecule has 0 saturated carbocycles. The van der Waals surface area contributed by atoms with Crippen molar-refractivity contribution in [1.82, 2.24) is 5.32 Å². The summed E-state index contributed by atoms with van der Waals surface area (Å²) in [4.78, 5) is 35.0. The predicted octanol–water partition coefficient (Wildman–Crippen LogP) is 0.208. The fourth-order valence-electron chi connectivity index (χ4n) is 2.63. The Bertz CT molecular complexity index is 658. The van der Waals surface area contributed by atoms with Crippen LogP contribution < -0.4 is 10.6 Å². The van der Waals surface area contributed by atoms with Crippen LogP contribution in [0.25, 0.3) is 0 Å². The summed E-state index contributed by atoms with van der Waals surface area (Å²) < 4.78 is 19.2. The van der Waals surface area contributed by atoms with E-state index in [4.69, 9.17) is 4.74 Å². The monoisotopic (exact) mass is 278 g/mol. The number of amides is 2. The minimum absolute atomic E-state index is 0.0143. The van der Waals surface area contributed by atoms with Crippen molar-refractivity contribution in [1.29, 1.82) is 0 Å². The zero-order chi connectivity index (χ0) is 14.5. The maximum atomic E-state index is 14.0. The van der Waals surface area contributed by atoms with E-state index in [2.05, 4.69) is 10.6 Å². The number of rotatable bonds is 1. The summed E-state index contributed by atoms with van der Waals surface area (Å²) in [5, 5.41) is 4.76. The average molecular weight is 278 g/mol. The second-order valence-corrected chi connectivity index (χ2v) is 4.75. The van der Waals surface area contributed by atoms with Crippen molar-refractivity contribution in [2.24, 2.45) is 0 Å². The van der Waals surface area contributed by atoms with Gasteiger partial charge in [-0.1, -0.05) is 0 Å². The second kappa shape index (κ2) is 4.11. The molecule has 1 aromatic rings. The van der Waals surface area contributed by atoms with Crippen molar-refractivity contribution >= 4 is 23.3 Å². The van der Waals surface area contributed by atoms with Gasteiger partial charge in [0, 0.05) is 18.9 Å². The highest BCUT2D eigenvalue weighted by atomic mass is 19.1. The summed E-state index contributed by atoms with van der Waals surface area (Å²) in [5.74, 6) is -2.14. The van der Waals surface area contributed by atoms with E-state index in [9.17, 15) is 18.8 Å². The number of ether oxygens (including phenoxy) is 1. The lowest BCUT2D eigenvalue weighted by Crippen LogP contribution is -2.41. The molecule has 0 bridgehead atoms. The minimum atomic E-state index is -1.73. The zero-order valence-electron chi connectivity index (χ0n) is 10.6. The van der Waals surface area contributed by atoms with Crippen LogP contribution in [0.1, 0.15) is 18.1 Å². The summed E-state index contributed by atoms with van der Waals surface area (Å²) in [6.45, 7) is 1.17. The van der Waals surface area contributed by atoms with Crippen LogP contribution in [0.4, 0.5) is 10.1 Å². The number of hydrogen-bond acceptors (Lipinski definition) is 4. The lowest BCUT2D eigenvalue weighted by atomic mass is 9.94. The van der Waals surface area contributed by atoms with Crippen molar-refractivity contribution in [3.8, 4) is 0 Å². The fourth-order valence-corrected chi connectivity index (χ4v) is 2.63. The van der Waals surface area contributed by atoms with Gasteiger partial charge in [-0.05, 0) is 17.7 Å². The molecule has 0 radical (unpaired) electrons. The number of carbonyl (C=O) groups is 3. The Morgan fingerprint density at radius 3 is 2.80 bits per heavy atom. The molecule has 3 rings (SSSR count). The molecule has 20 heavy (non-hydrogen) atoms. The highest BCUT2D eigenvalue weighted by Crippen LogP contribution is 2.41. The van der Waals surface area contributed by atoms with Crippen molar-refractivity contribution in [3.05, 3.63) is 29.1 Å². The van der Waals surface area contributed by atoms with Crippen molar-refractivity contribution in [3.63, 3.8) is 0 Å². The minimum Gasteiger partial charge on any atom is -0.333 e. The third-order valence-corrected chi connectivity index (χ3v) is 3.47. The maximum Gasteiger partial charge on any atom is 0.266 e. The molecule has 0 aromatic heterocycles. The molecule has 1 unspecified atom stereocenters. The van der Waals surface area contributed by atoms with Gasteiger partial charge in [0.05, 0.1) is 5.69 Å². The largest absolute Gasteiger partial charge is 0.333 e. The molecule has 2 amide bonds. The van der Waals surface area contributed by atoms with E-state index < -0.39 is 29.0 Å². The van der Waals surface area contributed by atoms with Crippen LogP contribution in [0.2, 0.25) is 0 Å². The van der Waals surface area contributed by atoms with E-state index in [1.54, 1.807) is 0 Å². The number of Topliss-reactive ketones (excluding diaryl/α,β-unsaturated/α-hetero) is 1. The summed E-state index contributed by atoms with van der Waals surface area (Å²) in [6, 6.07) is 2.45. The normalized spacial score (nSPS) is 23.9. The first-order valence-corrected chi connectivity index (χ1v) is 6.01. The van der Waals surface area contributed by atoms with Crippen LogP contribution in [0, 0.1) is 5.82 Å². The molecule has 7 heteroatoms. The Balaban J connectivity index is 2.13.